The van der Waals surface area contributed by atoms with Crippen LogP contribution in [-0.2, 0) is 12.3 Å². The number of thiazole rings is 1. The first-order valence-electron chi connectivity index (χ1n) is 8.67. The van der Waals surface area contributed by atoms with Gasteiger partial charge >= 0.3 is 0 Å². The van der Waals surface area contributed by atoms with Gasteiger partial charge in [-0.05, 0) is 12.1 Å². The Bertz CT molecular complexity index is 1070. The molecule has 0 atom stereocenters. The molecule has 4 aromatic rings. The predicted octanol–water partition coefficient (Wildman–Crippen LogP) is 6.31. The van der Waals surface area contributed by atoms with Crippen LogP contribution in [0.25, 0.3) is 22.0 Å². The molecule has 0 unspecified atom stereocenters. The minimum Gasteiger partial charge on any atom is -0.298 e. The standard InChI is InChI=1S/C21H17BrN4S2/c1-2-12-26-19(15-8-10-17(22)11-9-15)24-25-21(26)28-14-18-13-27-20(23-18)16-6-4-3-5-7-16/h2-11,13H,1,12,14H2. The van der Waals surface area contributed by atoms with Crippen molar-refractivity contribution in [2.24, 2.45) is 0 Å². The zero-order valence-corrected chi connectivity index (χ0v) is 18.2. The third kappa shape index (κ3) is 4.27. The average molecular weight is 469 g/mol. The molecule has 4 rings (SSSR count). The van der Waals surface area contributed by atoms with E-state index in [0.717, 1.165) is 43.0 Å². The number of rotatable bonds is 7. The van der Waals surface area contributed by atoms with Gasteiger partial charge in [0, 0.05) is 33.3 Å². The van der Waals surface area contributed by atoms with Gasteiger partial charge in [0.25, 0.3) is 0 Å². The zero-order valence-electron chi connectivity index (χ0n) is 15.0. The smallest absolute Gasteiger partial charge is 0.192 e. The lowest BCUT2D eigenvalue weighted by atomic mass is 10.2. The second-order valence-electron chi connectivity index (χ2n) is 6.01. The molecule has 2 aromatic carbocycles. The summed E-state index contributed by atoms with van der Waals surface area (Å²) in [6.45, 7) is 4.54. The van der Waals surface area contributed by atoms with Crippen LogP contribution in [0, 0.1) is 0 Å². The van der Waals surface area contributed by atoms with Crippen LogP contribution in [0.4, 0.5) is 0 Å². The molecule has 2 aromatic heterocycles. The minimum absolute atomic E-state index is 0.660. The van der Waals surface area contributed by atoms with E-state index in [1.165, 1.54) is 0 Å². The van der Waals surface area contributed by atoms with Gasteiger partial charge in [-0.1, -0.05) is 76.2 Å². The lowest BCUT2D eigenvalue weighted by molar-refractivity contribution is 0.731. The van der Waals surface area contributed by atoms with E-state index in [0.29, 0.717) is 6.54 Å². The van der Waals surface area contributed by atoms with Gasteiger partial charge < -0.3 is 0 Å². The van der Waals surface area contributed by atoms with Gasteiger partial charge in [-0.2, -0.15) is 0 Å². The largest absolute Gasteiger partial charge is 0.298 e. The van der Waals surface area contributed by atoms with E-state index in [1.54, 1.807) is 23.1 Å². The second-order valence-corrected chi connectivity index (χ2v) is 8.73. The number of allylic oxidation sites excluding steroid dienone is 1. The second kappa shape index (κ2) is 8.86. The minimum atomic E-state index is 0.660. The Hall–Kier alpha value is -2.22. The Morgan fingerprint density at radius 2 is 1.82 bits per heavy atom. The molecule has 0 N–H and O–H groups in total. The molecule has 0 aliphatic carbocycles. The van der Waals surface area contributed by atoms with Gasteiger partial charge in [-0.25, -0.2) is 4.98 Å². The molecule has 0 radical (unpaired) electrons. The highest BCUT2D eigenvalue weighted by Crippen LogP contribution is 2.29. The highest BCUT2D eigenvalue weighted by Gasteiger charge is 2.14. The molecule has 0 spiro atoms. The molecule has 0 amide bonds. The maximum atomic E-state index is 4.76. The van der Waals surface area contributed by atoms with Crippen molar-refractivity contribution in [3.05, 3.63) is 82.8 Å². The summed E-state index contributed by atoms with van der Waals surface area (Å²) < 4.78 is 3.13. The van der Waals surface area contributed by atoms with Gasteiger partial charge in [-0.3, -0.25) is 4.57 Å². The number of benzene rings is 2. The fraction of sp³-hybridized carbons (Fsp3) is 0.0952. The van der Waals surface area contributed by atoms with Crippen LogP contribution >= 0.6 is 39.0 Å². The Morgan fingerprint density at radius 3 is 2.57 bits per heavy atom. The van der Waals surface area contributed by atoms with Crippen molar-refractivity contribution in [2.45, 2.75) is 17.5 Å². The summed E-state index contributed by atoms with van der Waals surface area (Å²) in [5.74, 6) is 1.59. The first kappa shape index (κ1) is 19.1. The number of aromatic nitrogens is 4. The van der Waals surface area contributed by atoms with Crippen LogP contribution < -0.4 is 0 Å². The number of thioether (sulfide) groups is 1. The number of hydrogen-bond acceptors (Lipinski definition) is 5. The molecule has 0 bridgehead atoms. The van der Waals surface area contributed by atoms with Gasteiger partial charge in [0.15, 0.2) is 11.0 Å². The van der Waals surface area contributed by atoms with E-state index in [-0.39, 0.29) is 0 Å². The normalized spacial score (nSPS) is 10.9. The van der Waals surface area contributed by atoms with Gasteiger partial charge in [0.05, 0.1) is 5.69 Å². The topological polar surface area (TPSA) is 43.6 Å². The monoisotopic (exact) mass is 468 g/mol. The van der Waals surface area contributed by atoms with E-state index in [9.17, 15) is 0 Å². The predicted molar refractivity (Wildman–Crippen MR) is 120 cm³/mol. The van der Waals surface area contributed by atoms with E-state index in [1.807, 2.05) is 48.5 Å². The molecular weight excluding hydrogens is 452 g/mol. The summed E-state index contributed by atoms with van der Waals surface area (Å²) in [5, 5.41) is 12.8. The fourth-order valence-corrected chi connectivity index (χ4v) is 4.76. The highest BCUT2D eigenvalue weighted by molar-refractivity contribution is 9.10. The molecule has 2 heterocycles. The first-order chi connectivity index (χ1) is 13.7. The molecule has 0 saturated heterocycles. The SMILES string of the molecule is C=CCn1c(SCc2csc(-c3ccccc3)n2)nnc1-c1ccc(Br)cc1. The molecule has 0 aliphatic heterocycles. The molecule has 0 saturated carbocycles. The zero-order chi connectivity index (χ0) is 19.3. The molecule has 140 valence electrons. The number of nitrogens with zero attached hydrogens (tertiary/aromatic N) is 4. The highest BCUT2D eigenvalue weighted by atomic mass is 79.9. The van der Waals surface area contributed by atoms with Crippen molar-refractivity contribution >= 4 is 39.0 Å². The van der Waals surface area contributed by atoms with Crippen LogP contribution in [0.1, 0.15) is 5.69 Å². The third-order valence-electron chi connectivity index (χ3n) is 4.05. The molecule has 0 aliphatic rings. The summed E-state index contributed by atoms with van der Waals surface area (Å²) in [5.41, 5.74) is 3.23. The summed E-state index contributed by atoms with van der Waals surface area (Å²) in [7, 11) is 0. The van der Waals surface area contributed by atoms with Crippen LogP contribution in [0.2, 0.25) is 0 Å². The van der Waals surface area contributed by atoms with Crippen molar-refractivity contribution in [1.82, 2.24) is 19.7 Å². The van der Waals surface area contributed by atoms with Crippen LogP contribution in [0.15, 0.2) is 82.3 Å². The quantitative estimate of drug-likeness (QED) is 0.235. The Labute approximate surface area is 180 Å². The van der Waals surface area contributed by atoms with Crippen molar-refractivity contribution in [3.63, 3.8) is 0 Å². The molecular formula is C21H17BrN4S2. The average Bonchev–Trinajstić information content (AvgIpc) is 3.35. The van der Waals surface area contributed by atoms with Crippen LogP contribution in [0.5, 0.6) is 0 Å². The van der Waals surface area contributed by atoms with E-state index >= 15 is 0 Å². The van der Waals surface area contributed by atoms with Crippen molar-refractivity contribution in [3.8, 4) is 22.0 Å². The lowest BCUT2D eigenvalue weighted by Crippen LogP contribution is -2.00. The lowest BCUT2D eigenvalue weighted by Gasteiger charge is -2.07. The number of halogens is 1. The van der Waals surface area contributed by atoms with E-state index < -0.39 is 0 Å². The van der Waals surface area contributed by atoms with Gasteiger partial charge in [-0.15, -0.1) is 28.1 Å². The van der Waals surface area contributed by atoms with Crippen molar-refractivity contribution in [1.29, 1.82) is 0 Å². The molecule has 7 heteroatoms. The maximum absolute atomic E-state index is 4.76. The van der Waals surface area contributed by atoms with Crippen molar-refractivity contribution in [2.75, 3.05) is 0 Å². The summed E-state index contributed by atoms with van der Waals surface area (Å²) in [6, 6.07) is 18.3. The third-order valence-corrected chi connectivity index (χ3v) is 6.52. The summed E-state index contributed by atoms with van der Waals surface area (Å²) in [6.07, 6.45) is 1.87. The Kier molecular flexibility index (Phi) is 6.04. The van der Waals surface area contributed by atoms with Gasteiger partial charge in [0.1, 0.15) is 5.01 Å². The van der Waals surface area contributed by atoms with E-state index in [4.69, 9.17) is 4.98 Å². The van der Waals surface area contributed by atoms with Gasteiger partial charge in [0.2, 0.25) is 0 Å². The summed E-state index contributed by atoms with van der Waals surface area (Å²) >= 11 is 6.78. The fourth-order valence-electron chi connectivity index (χ4n) is 2.73. The molecule has 28 heavy (non-hydrogen) atoms. The first-order valence-corrected chi connectivity index (χ1v) is 11.3. The number of hydrogen-bond donors (Lipinski definition) is 0. The van der Waals surface area contributed by atoms with E-state index in [2.05, 4.69) is 54.8 Å². The molecule has 4 nitrogen and oxygen atoms in total. The maximum Gasteiger partial charge on any atom is 0.192 e. The summed E-state index contributed by atoms with van der Waals surface area (Å²) in [4.78, 5) is 4.76. The Morgan fingerprint density at radius 1 is 1.04 bits per heavy atom. The Balaban J connectivity index is 1.53. The van der Waals surface area contributed by atoms with Crippen LogP contribution in [-0.4, -0.2) is 19.7 Å². The van der Waals surface area contributed by atoms with Crippen molar-refractivity contribution < 1.29 is 0 Å². The molecule has 0 fully saturated rings. The van der Waals surface area contributed by atoms with Crippen LogP contribution in [0.3, 0.4) is 0 Å².